The number of nitrogens with one attached hydrogen (secondary N) is 1. The number of rotatable bonds is 6. The third-order valence-corrected chi connectivity index (χ3v) is 3.56. The zero-order valence-corrected chi connectivity index (χ0v) is 12.7. The highest BCUT2D eigenvalue weighted by Gasteiger charge is 2.20. The number of aromatic nitrogens is 2. The van der Waals surface area contributed by atoms with Crippen LogP contribution in [0.3, 0.4) is 0 Å². The van der Waals surface area contributed by atoms with Gasteiger partial charge in [0.05, 0.1) is 24.5 Å². The molecule has 0 fully saturated rings. The zero-order chi connectivity index (χ0) is 14.5. The van der Waals surface area contributed by atoms with Gasteiger partial charge in [-0.2, -0.15) is 5.10 Å². The first-order valence-electron chi connectivity index (χ1n) is 7.11. The summed E-state index contributed by atoms with van der Waals surface area (Å²) < 4.78 is 7.55. The van der Waals surface area contributed by atoms with Gasteiger partial charge in [-0.25, -0.2) is 0 Å². The van der Waals surface area contributed by atoms with Gasteiger partial charge in [-0.3, -0.25) is 4.68 Å². The van der Waals surface area contributed by atoms with E-state index >= 15 is 0 Å². The summed E-state index contributed by atoms with van der Waals surface area (Å²) in [5, 5.41) is 8.01. The number of hydrogen-bond donors (Lipinski definition) is 1. The summed E-state index contributed by atoms with van der Waals surface area (Å²) in [6.07, 6.45) is 0.947. The highest BCUT2D eigenvalue weighted by atomic mass is 16.5. The van der Waals surface area contributed by atoms with Crippen molar-refractivity contribution in [3.05, 3.63) is 47.3 Å². The van der Waals surface area contributed by atoms with E-state index in [2.05, 4.69) is 41.1 Å². The van der Waals surface area contributed by atoms with Crippen LogP contribution in [0.2, 0.25) is 0 Å². The zero-order valence-electron chi connectivity index (χ0n) is 12.7. The molecule has 108 valence electrons. The summed E-state index contributed by atoms with van der Waals surface area (Å²) in [6, 6.07) is 10.4. The van der Waals surface area contributed by atoms with Gasteiger partial charge in [0.15, 0.2) is 0 Å². The largest absolute Gasteiger partial charge is 0.496 e. The van der Waals surface area contributed by atoms with E-state index in [-0.39, 0.29) is 6.04 Å². The molecule has 1 unspecified atom stereocenters. The fourth-order valence-electron chi connectivity index (χ4n) is 2.51. The van der Waals surface area contributed by atoms with Crippen molar-refractivity contribution in [2.45, 2.75) is 32.9 Å². The standard InChI is InChI=1S/C16H23N3O/c1-5-12-11-14(19(6-2)18-12)16(17-3)13-9-7-8-10-15(13)20-4/h7-11,16-17H,5-6H2,1-4H3. The Balaban J connectivity index is 2.49. The molecule has 0 amide bonds. The molecule has 0 spiro atoms. The van der Waals surface area contributed by atoms with Crippen LogP contribution in [0.4, 0.5) is 0 Å². The van der Waals surface area contributed by atoms with E-state index in [9.17, 15) is 0 Å². The second-order valence-corrected chi connectivity index (χ2v) is 4.69. The van der Waals surface area contributed by atoms with E-state index in [0.717, 1.165) is 30.0 Å². The Hall–Kier alpha value is -1.81. The number of benzene rings is 1. The van der Waals surface area contributed by atoms with Crippen molar-refractivity contribution in [2.24, 2.45) is 0 Å². The highest BCUT2D eigenvalue weighted by Crippen LogP contribution is 2.30. The van der Waals surface area contributed by atoms with E-state index in [1.165, 1.54) is 5.69 Å². The second kappa shape index (κ2) is 6.57. The third-order valence-electron chi connectivity index (χ3n) is 3.56. The number of para-hydroxylation sites is 1. The van der Waals surface area contributed by atoms with E-state index in [1.807, 2.05) is 25.2 Å². The first-order valence-corrected chi connectivity index (χ1v) is 7.11. The van der Waals surface area contributed by atoms with Crippen molar-refractivity contribution in [2.75, 3.05) is 14.2 Å². The SMILES string of the molecule is CCc1cc(C(NC)c2ccccc2OC)n(CC)n1. The Labute approximate surface area is 120 Å². The minimum atomic E-state index is 0.0823. The Morgan fingerprint density at radius 1 is 1.30 bits per heavy atom. The summed E-state index contributed by atoms with van der Waals surface area (Å²) in [6.45, 7) is 5.11. The lowest BCUT2D eigenvalue weighted by atomic mass is 10.0. The van der Waals surface area contributed by atoms with Crippen molar-refractivity contribution < 1.29 is 4.74 Å². The summed E-state index contributed by atoms with van der Waals surface area (Å²) >= 11 is 0. The summed E-state index contributed by atoms with van der Waals surface area (Å²) in [4.78, 5) is 0. The maximum absolute atomic E-state index is 5.49. The number of hydrogen-bond acceptors (Lipinski definition) is 3. The van der Waals surface area contributed by atoms with E-state index < -0.39 is 0 Å². The lowest BCUT2D eigenvalue weighted by molar-refractivity contribution is 0.403. The number of ether oxygens (including phenoxy) is 1. The predicted molar refractivity (Wildman–Crippen MR) is 81.2 cm³/mol. The normalized spacial score (nSPS) is 12.4. The molecule has 0 aliphatic heterocycles. The van der Waals surface area contributed by atoms with Gasteiger partial charge in [-0.05, 0) is 32.5 Å². The lowest BCUT2D eigenvalue weighted by Crippen LogP contribution is -2.22. The van der Waals surface area contributed by atoms with Crippen molar-refractivity contribution in [3.63, 3.8) is 0 Å². The van der Waals surface area contributed by atoms with Crippen LogP contribution < -0.4 is 10.1 Å². The van der Waals surface area contributed by atoms with Gasteiger partial charge in [-0.15, -0.1) is 0 Å². The molecule has 1 aromatic heterocycles. The van der Waals surface area contributed by atoms with Crippen LogP contribution >= 0.6 is 0 Å². The van der Waals surface area contributed by atoms with Crippen LogP contribution in [0, 0.1) is 0 Å². The molecule has 2 rings (SSSR count). The monoisotopic (exact) mass is 273 g/mol. The number of aryl methyl sites for hydroxylation is 2. The van der Waals surface area contributed by atoms with Crippen LogP contribution in [0.1, 0.15) is 36.8 Å². The van der Waals surface area contributed by atoms with Crippen LogP contribution in [-0.4, -0.2) is 23.9 Å². The van der Waals surface area contributed by atoms with Crippen molar-refractivity contribution in [1.82, 2.24) is 15.1 Å². The quantitative estimate of drug-likeness (QED) is 0.879. The Kier molecular flexibility index (Phi) is 4.79. The summed E-state index contributed by atoms with van der Waals surface area (Å²) in [5.74, 6) is 0.897. The molecular weight excluding hydrogens is 250 g/mol. The Bertz CT molecular complexity index is 563. The molecule has 4 nitrogen and oxygen atoms in total. The molecule has 0 saturated carbocycles. The fourth-order valence-corrected chi connectivity index (χ4v) is 2.51. The molecule has 20 heavy (non-hydrogen) atoms. The highest BCUT2D eigenvalue weighted by molar-refractivity contribution is 5.40. The molecular formula is C16H23N3O. The molecule has 0 aliphatic carbocycles. The van der Waals surface area contributed by atoms with Gasteiger partial charge < -0.3 is 10.1 Å². The average Bonchev–Trinajstić information content (AvgIpc) is 2.92. The Morgan fingerprint density at radius 2 is 2.05 bits per heavy atom. The Morgan fingerprint density at radius 3 is 2.65 bits per heavy atom. The molecule has 2 aromatic rings. The number of methoxy groups -OCH3 is 1. The molecule has 4 heteroatoms. The summed E-state index contributed by atoms with van der Waals surface area (Å²) in [7, 11) is 3.68. The molecule has 0 radical (unpaired) electrons. The molecule has 1 aromatic carbocycles. The van der Waals surface area contributed by atoms with E-state index in [1.54, 1.807) is 7.11 Å². The third kappa shape index (κ3) is 2.70. The average molecular weight is 273 g/mol. The first-order chi connectivity index (χ1) is 9.74. The molecule has 0 saturated heterocycles. The molecule has 1 atom stereocenters. The van der Waals surface area contributed by atoms with E-state index in [4.69, 9.17) is 4.74 Å². The molecule has 1 heterocycles. The second-order valence-electron chi connectivity index (χ2n) is 4.69. The fraction of sp³-hybridized carbons (Fsp3) is 0.438. The molecule has 1 N–H and O–H groups in total. The van der Waals surface area contributed by atoms with Crippen LogP contribution in [0.15, 0.2) is 30.3 Å². The van der Waals surface area contributed by atoms with Crippen molar-refractivity contribution in [3.8, 4) is 5.75 Å². The van der Waals surface area contributed by atoms with Crippen molar-refractivity contribution in [1.29, 1.82) is 0 Å². The van der Waals surface area contributed by atoms with Gasteiger partial charge in [0, 0.05) is 12.1 Å². The van der Waals surface area contributed by atoms with Crippen LogP contribution in [0.5, 0.6) is 5.75 Å². The topological polar surface area (TPSA) is 39.1 Å². The predicted octanol–water partition coefficient (Wildman–Crippen LogP) is 2.78. The van der Waals surface area contributed by atoms with Gasteiger partial charge >= 0.3 is 0 Å². The van der Waals surface area contributed by atoms with Gasteiger partial charge in [0.1, 0.15) is 5.75 Å². The van der Waals surface area contributed by atoms with Crippen LogP contribution in [-0.2, 0) is 13.0 Å². The molecule has 0 aliphatic rings. The maximum atomic E-state index is 5.49. The van der Waals surface area contributed by atoms with Crippen LogP contribution in [0.25, 0.3) is 0 Å². The first kappa shape index (κ1) is 14.6. The maximum Gasteiger partial charge on any atom is 0.124 e. The smallest absolute Gasteiger partial charge is 0.124 e. The van der Waals surface area contributed by atoms with Crippen molar-refractivity contribution >= 4 is 0 Å². The molecule has 0 bridgehead atoms. The van der Waals surface area contributed by atoms with E-state index in [0.29, 0.717) is 0 Å². The number of nitrogens with zero attached hydrogens (tertiary/aromatic N) is 2. The van der Waals surface area contributed by atoms with Gasteiger partial charge in [-0.1, -0.05) is 25.1 Å². The minimum absolute atomic E-state index is 0.0823. The lowest BCUT2D eigenvalue weighted by Gasteiger charge is -2.20. The van der Waals surface area contributed by atoms with Gasteiger partial charge in [0.2, 0.25) is 0 Å². The summed E-state index contributed by atoms with van der Waals surface area (Å²) in [5.41, 5.74) is 3.43. The van der Waals surface area contributed by atoms with Gasteiger partial charge in [0.25, 0.3) is 0 Å². The minimum Gasteiger partial charge on any atom is -0.496 e.